The highest BCUT2D eigenvalue weighted by molar-refractivity contribution is 5.92. The van der Waals surface area contributed by atoms with Gasteiger partial charge in [0, 0.05) is 25.4 Å². The number of carbonyl (C=O) groups is 1. The van der Waals surface area contributed by atoms with E-state index in [0.29, 0.717) is 6.54 Å². The van der Waals surface area contributed by atoms with Crippen molar-refractivity contribution >= 4 is 17.8 Å². The normalized spacial score (nSPS) is 17.0. The number of fused-ring (bicyclic) bond motifs is 1. The van der Waals surface area contributed by atoms with Crippen LogP contribution in [0.2, 0.25) is 0 Å². The van der Waals surface area contributed by atoms with Crippen LogP contribution in [0.15, 0.2) is 23.3 Å². The standard InChI is InChI=1S/C19H23N5O3/c1-12-9-24(17-13(12)5-3-8-21-17)19(6-4-7-19)11-23-10-14(25)16(26)15(22-23)18(27)20-2/h3,5,9-10,21,25H,4,6-8,11H2,1-2H3,(H,20,27). The van der Waals surface area contributed by atoms with E-state index in [1.54, 1.807) is 0 Å². The highest BCUT2D eigenvalue weighted by Crippen LogP contribution is 2.45. The van der Waals surface area contributed by atoms with Crippen molar-refractivity contribution in [2.45, 2.75) is 38.3 Å². The van der Waals surface area contributed by atoms with Gasteiger partial charge in [0.15, 0.2) is 11.4 Å². The van der Waals surface area contributed by atoms with Crippen molar-refractivity contribution < 1.29 is 9.90 Å². The van der Waals surface area contributed by atoms with E-state index in [0.717, 1.165) is 31.6 Å². The minimum Gasteiger partial charge on any atom is -0.503 e. The Morgan fingerprint density at radius 2 is 2.19 bits per heavy atom. The van der Waals surface area contributed by atoms with Crippen LogP contribution in [0.4, 0.5) is 5.82 Å². The Kier molecular flexibility index (Phi) is 4.05. The lowest BCUT2D eigenvalue weighted by molar-refractivity contribution is 0.0941. The summed E-state index contributed by atoms with van der Waals surface area (Å²) in [4.78, 5) is 24.0. The number of aryl methyl sites for hydroxylation is 1. The number of aromatic nitrogens is 3. The Bertz CT molecular complexity index is 998. The molecule has 3 heterocycles. The molecule has 0 unspecified atom stereocenters. The summed E-state index contributed by atoms with van der Waals surface area (Å²) in [5.74, 6) is 0.0182. The van der Waals surface area contributed by atoms with E-state index in [1.165, 1.54) is 29.1 Å². The lowest BCUT2D eigenvalue weighted by Crippen LogP contribution is -2.45. The van der Waals surface area contributed by atoms with Gasteiger partial charge in [-0.05, 0) is 31.7 Å². The molecule has 8 heteroatoms. The molecule has 0 bridgehead atoms. The second-order valence-electron chi connectivity index (χ2n) is 7.27. The first-order valence-electron chi connectivity index (χ1n) is 9.11. The van der Waals surface area contributed by atoms with E-state index < -0.39 is 17.1 Å². The van der Waals surface area contributed by atoms with Crippen molar-refractivity contribution in [1.82, 2.24) is 19.7 Å². The number of aromatic hydroxyl groups is 1. The van der Waals surface area contributed by atoms with Gasteiger partial charge in [0.2, 0.25) is 0 Å². The fourth-order valence-corrected chi connectivity index (χ4v) is 3.97. The van der Waals surface area contributed by atoms with Crippen molar-refractivity contribution in [2.75, 3.05) is 18.9 Å². The lowest BCUT2D eigenvalue weighted by atomic mass is 9.76. The van der Waals surface area contributed by atoms with Gasteiger partial charge in [-0.25, -0.2) is 0 Å². The maximum absolute atomic E-state index is 12.0. The maximum atomic E-state index is 12.0. The average Bonchev–Trinajstić information content (AvgIpc) is 2.97. The zero-order chi connectivity index (χ0) is 19.2. The van der Waals surface area contributed by atoms with E-state index in [4.69, 9.17) is 0 Å². The van der Waals surface area contributed by atoms with Crippen LogP contribution in [-0.2, 0) is 12.1 Å². The van der Waals surface area contributed by atoms with Gasteiger partial charge < -0.3 is 20.3 Å². The van der Waals surface area contributed by atoms with Crippen LogP contribution in [0.5, 0.6) is 5.75 Å². The number of nitrogens with one attached hydrogen (secondary N) is 2. The Morgan fingerprint density at radius 3 is 2.85 bits per heavy atom. The van der Waals surface area contributed by atoms with Crippen molar-refractivity contribution in [2.24, 2.45) is 0 Å². The number of amides is 1. The minimum absolute atomic E-state index is 0.203. The summed E-state index contributed by atoms with van der Waals surface area (Å²) in [6.07, 6.45) is 10.7. The number of carbonyl (C=O) groups excluding carboxylic acids is 1. The summed E-state index contributed by atoms with van der Waals surface area (Å²) in [5, 5.41) is 20.0. The van der Waals surface area contributed by atoms with Gasteiger partial charge >= 0.3 is 0 Å². The molecule has 4 rings (SSSR count). The number of hydrogen-bond acceptors (Lipinski definition) is 5. The van der Waals surface area contributed by atoms with Crippen molar-refractivity contribution in [1.29, 1.82) is 0 Å². The smallest absolute Gasteiger partial charge is 0.275 e. The van der Waals surface area contributed by atoms with Crippen LogP contribution >= 0.6 is 0 Å². The van der Waals surface area contributed by atoms with Crippen molar-refractivity contribution in [3.8, 4) is 5.75 Å². The second-order valence-corrected chi connectivity index (χ2v) is 7.27. The van der Waals surface area contributed by atoms with Crippen LogP contribution in [0.25, 0.3) is 6.08 Å². The molecule has 1 fully saturated rings. The molecule has 2 aromatic heterocycles. The van der Waals surface area contributed by atoms with Crippen molar-refractivity contribution in [3.05, 3.63) is 45.5 Å². The van der Waals surface area contributed by atoms with Gasteiger partial charge in [-0.1, -0.05) is 12.2 Å². The lowest BCUT2D eigenvalue weighted by Gasteiger charge is -2.44. The molecule has 2 aromatic rings. The molecule has 0 atom stereocenters. The molecule has 1 aliphatic heterocycles. The monoisotopic (exact) mass is 369 g/mol. The predicted octanol–water partition coefficient (Wildman–Crippen LogP) is 1.44. The predicted molar refractivity (Wildman–Crippen MR) is 102 cm³/mol. The molecule has 142 valence electrons. The van der Waals surface area contributed by atoms with E-state index in [2.05, 4.69) is 45.6 Å². The Hall–Kier alpha value is -3.03. The maximum Gasteiger partial charge on any atom is 0.275 e. The van der Waals surface area contributed by atoms with Crippen LogP contribution in [-0.4, -0.2) is 39.0 Å². The number of hydrogen-bond donors (Lipinski definition) is 3. The Balaban J connectivity index is 1.75. The van der Waals surface area contributed by atoms with Gasteiger partial charge in [0.25, 0.3) is 11.3 Å². The third kappa shape index (κ3) is 2.72. The molecular weight excluding hydrogens is 346 g/mol. The molecular formula is C19H23N5O3. The van der Waals surface area contributed by atoms with Gasteiger partial charge in [-0.2, -0.15) is 5.10 Å². The fraction of sp³-hybridized carbons (Fsp3) is 0.421. The molecule has 27 heavy (non-hydrogen) atoms. The Labute approximate surface area is 156 Å². The first-order valence-corrected chi connectivity index (χ1v) is 9.11. The summed E-state index contributed by atoms with van der Waals surface area (Å²) in [6, 6.07) is 0. The van der Waals surface area contributed by atoms with Crippen LogP contribution in [0, 0.1) is 6.92 Å². The third-order valence-electron chi connectivity index (χ3n) is 5.56. The van der Waals surface area contributed by atoms with E-state index in [-0.39, 0.29) is 11.2 Å². The first-order chi connectivity index (χ1) is 12.9. The van der Waals surface area contributed by atoms with Gasteiger partial charge in [-0.15, -0.1) is 0 Å². The third-order valence-corrected chi connectivity index (χ3v) is 5.56. The van der Waals surface area contributed by atoms with E-state index in [9.17, 15) is 14.7 Å². The molecule has 0 spiro atoms. The summed E-state index contributed by atoms with van der Waals surface area (Å²) < 4.78 is 3.78. The fourth-order valence-electron chi connectivity index (χ4n) is 3.97. The summed E-state index contributed by atoms with van der Waals surface area (Å²) >= 11 is 0. The van der Waals surface area contributed by atoms with Gasteiger partial charge in [0.05, 0.1) is 18.3 Å². The average molecular weight is 369 g/mol. The topological polar surface area (TPSA) is 101 Å². The first kappa shape index (κ1) is 17.4. The molecule has 0 saturated heterocycles. The molecule has 1 amide bonds. The quantitative estimate of drug-likeness (QED) is 0.757. The summed E-state index contributed by atoms with van der Waals surface area (Å²) in [6.45, 7) is 3.34. The number of rotatable bonds is 4. The van der Waals surface area contributed by atoms with Crippen LogP contribution in [0.1, 0.15) is 40.9 Å². The van der Waals surface area contributed by atoms with Crippen LogP contribution < -0.4 is 16.1 Å². The van der Waals surface area contributed by atoms with Crippen molar-refractivity contribution in [3.63, 3.8) is 0 Å². The second kappa shape index (κ2) is 6.29. The molecule has 1 aliphatic carbocycles. The van der Waals surface area contributed by atoms with E-state index in [1.807, 2.05) is 0 Å². The Morgan fingerprint density at radius 1 is 1.41 bits per heavy atom. The zero-order valence-corrected chi connectivity index (χ0v) is 15.5. The number of anilines is 1. The van der Waals surface area contributed by atoms with Gasteiger partial charge in [-0.3, -0.25) is 14.3 Å². The molecule has 3 N–H and O–H groups in total. The summed E-state index contributed by atoms with van der Waals surface area (Å²) in [7, 11) is 1.43. The SMILES string of the molecule is CNC(=O)c1nn(CC2(n3cc(C)c4c3NCC=C4)CCC2)cc(O)c1=O. The largest absolute Gasteiger partial charge is 0.503 e. The minimum atomic E-state index is -0.755. The molecule has 0 aromatic carbocycles. The number of nitrogens with zero attached hydrogens (tertiary/aromatic N) is 3. The summed E-state index contributed by atoms with van der Waals surface area (Å²) in [5.41, 5.74) is 1.13. The van der Waals surface area contributed by atoms with Gasteiger partial charge in [0.1, 0.15) is 5.82 Å². The highest BCUT2D eigenvalue weighted by Gasteiger charge is 2.41. The molecule has 0 radical (unpaired) electrons. The molecule has 2 aliphatic rings. The molecule has 8 nitrogen and oxygen atoms in total. The zero-order valence-electron chi connectivity index (χ0n) is 15.5. The highest BCUT2D eigenvalue weighted by atomic mass is 16.3. The van der Waals surface area contributed by atoms with E-state index >= 15 is 0 Å². The van der Waals surface area contributed by atoms with Crippen LogP contribution in [0.3, 0.4) is 0 Å². The molecule has 1 saturated carbocycles.